The van der Waals surface area contributed by atoms with Crippen molar-refractivity contribution in [2.75, 3.05) is 31.6 Å². The Balaban J connectivity index is 2.10. The lowest BCUT2D eigenvalue weighted by Crippen LogP contribution is -2.50. The highest BCUT2D eigenvalue weighted by Gasteiger charge is 2.21. The quantitative estimate of drug-likeness (QED) is 0.724. The van der Waals surface area contributed by atoms with E-state index in [1.165, 1.54) is 0 Å². The molecule has 2 rings (SSSR count). The van der Waals surface area contributed by atoms with Crippen molar-refractivity contribution in [1.82, 2.24) is 9.88 Å². The number of aromatic nitrogens is 1. The zero-order valence-electron chi connectivity index (χ0n) is 10.7. The lowest BCUT2D eigenvalue weighted by molar-refractivity contribution is 0.101. The standard InChI is InChI=1S/C13H19N3O/c1-10-9-16(7-6-15(10)3)13-5-4-12(8-14-13)11(2)17/h4-5,8,10H,6-7,9H2,1-3H3. The van der Waals surface area contributed by atoms with E-state index < -0.39 is 0 Å². The molecule has 0 N–H and O–H groups in total. The van der Waals surface area contributed by atoms with Crippen LogP contribution in [-0.4, -0.2) is 48.4 Å². The summed E-state index contributed by atoms with van der Waals surface area (Å²) in [7, 11) is 2.15. The number of pyridine rings is 1. The molecule has 1 saturated heterocycles. The van der Waals surface area contributed by atoms with Crippen LogP contribution in [0.3, 0.4) is 0 Å². The summed E-state index contributed by atoms with van der Waals surface area (Å²) in [5, 5.41) is 0. The minimum atomic E-state index is 0.0656. The van der Waals surface area contributed by atoms with Crippen molar-refractivity contribution >= 4 is 11.6 Å². The Hall–Kier alpha value is -1.42. The normalized spacial score (nSPS) is 21.6. The van der Waals surface area contributed by atoms with Gasteiger partial charge >= 0.3 is 0 Å². The summed E-state index contributed by atoms with van der Waals surface area (Å²) in [6.45, 7) is 6.82. The second-order valence-corrected chi connectivity index (χ2v) is 4.74. The molecule has 0 aliphatic carbocycles. The average Bonchev–Trinajstić information content (AvgIpc) is 2.33. The van der Waals surface area contributed by atoms with Gasteiger partial charge in [0.2, 0.25) is 0 Å². The minimum absolute atomic E-state index is 0.0656. The predicted molar refractivity (Wildman–Crippen MR) is 68.5 cm³/mol. The number of rotatable bonds is 2. The van der Waals surface area contributed by atoms with Crippen molar-refractivity contribution in [2.24, 2.45) is 0 Å². The smallest absolute Gasteiger partial charge is 0.161 e. The molecular formula is C13H19N3O. The zero-order chi connectivity index (χ0) is 12.4. The molecule has 17 heavy (non-hydrogen) atoms. The Morgan fingerprint density at radius 3 is 2.71 bits per heavy atom. The SMILES string of the molecule is CC(=O)c1ccc(N2CCN(C)C(C)C2)nc1. The van der Waals surface area contributed by atoms with E-state index in [-0.39, 0.29) is 5.78 Å². The van der Waals surface area contributed by atoms with Crippen LogP contribution in [0.1, 0.15) is 24.2 Å². The van der Waals surface area contributed by atoms with Crippen LogP contribution in [-0.2, 0) is 0 Å². The highest BCUT2D eigenvalue weighted by atomic mass is 16.1. The number of hydrogen-bond donors (Lipinski definition) is 0. The Kier molecular flexibility index (Phi) is 3.43. The third kappa shape index (κ3) is 2.64. The first kappa shape index (κ1) is 12.0. The van der Waals surface area contributed by atoms with Crippen LogP contribution in [0.2, 0.25) is 0 Å². The molecule has 0 radical (unpaired) electrons. The fourth-order valence-corrected chi connectivity index (χ4v) is 2.04. The number of anilines is 1. The molecule has 1 fully saturated rings. The van der Waals surface area contributed by atoms with Gasteiger partial charge in [-0.05, 0) is 33.0 Å². The molecule has 1 aromatic heterocycles. The van der Waals surface area contributed by atoms with Gasteiger partial charge in [-0.3, -0.25) is 4.79 Å². The predicted octanol–water partition coefficient (Wildman–Crippen LogP) is 1.42. The van der Waals surface area contributed by atoms with Crippen molar-refractivity contribution in [2.45, 2.75) is 19.9 Å². The van der Waals surface area contributed by atoms with Crippen LogP contribution in [0.4, 0.5) is 5.82 Å². The van der Waals surface area contributed by atoms with E-state index in [2.05, 4.69) is 28.8 Å². The van der Waals surface area contributed by atoms with Gasteiger partial charge in [0.25, 0.3) is 0 Å². The third-order valence-corrected chi connectivity index (χ3v) is 3.44. The minimum Gasteiger partial charge on any atom is -0.354 e. The third-order valence-electron chi connectivity index (χ3n) is 3.44. The van der Waals surface area contributed by atoms with E-state index in [1.807, 2.05) is 12.1 Å². The van der Waals surface area contributed by atoms with Crippen LogP contribution in [0, 0.1) is 0 Å². The van der Waals surface area contributed by atoms with Gasteiger partial charge in [0.05, 0.1) is 0 Å². The summed E-state index contributed by atoms with van der Waals surface area (Å²) in [5.41, 5.74) is 0.677. The van der Waals surface area contributed by atoms with Crippen LogP contribution >= 0.6 is 0 Å². The van der Waals surface area contributed by atoms with E-state index >= 15 is 0 Å². The van der Waals surface area contributed by atoms with Gasteiger partial charge in [0.1, 0.15) is 5.82 Å². The van der Waals surface area contributed by atoms with E-state index in [4.69, 9.17) is 0 Å². The molecule has 1 aromatic rings. The van der Waals surface area contributed by atoms with Gasteiger partial charge in [-0.1, -0.05) is 0 Å². The number of ketones is 1. The maximum absolute atomic E-state index is 11.2. The summed E-state index contributed by atoms with van der Waals surface area (Å²) >= 11 is 0. The molecule has 1 aliphatic heterocycles. The topological polar surface area (TPSA) is 36.4 Å². The maximum atomic E-state index is 11.2. The Bertz CT molecular complexity index is 402. The number of nitrogens with zero attached hydrogens (tertiary/aromatic N) is 3. The fourth-order valence-electron chi connectivity index (χ4n) is 2.04. The molecule has 2 heterocycles. The second-order valence-electron chi connectivity index (χ2n) is 4.74. The molecule has 1 unspecified atom stereocenters. The molecule has 0 saturated carbocycles. The van der Waals surface area contributed by atoms with Crippen LogP contribution in [0.15, 0.2) is 18.3 Å². The number of Topliss-reactive ketones (excluding diaryl/α,β-unsaturated/α-hetero) is 1. The first-order chi connectivity index (χ1) is 8.08. The lowest BCUT2D eigenvalue weighted by Gasteiger charge is -2.38. The van der Waals surface area contributed by atoms with Crippen LogP contribution < -0.4 is 4.90 Å². The Morgan fingerprint density at radius 2 is 2.18 bits per heavy atom. The molecular weight excluding hydrogens is 214 g/mol. The van der Waals surface area contributed by atoms with Gasteiger partial charge < -0.3 is 9.80 Å². The Labute approximate surface area is 102 Å². The summed E-state index contributed by atoms with van der Waals surface area (Å²) in [6, 6.07) is 4.33. The highest BCUT2D eigenvalue weighted by Crippen LogP contribution is 2.16. The van der Waals surface area contributed by atoms with Crippen LogP contribution in [0.25, 0.3) is 0 Å². The zero-order valence-corrected chi connectivity index (χ0v) is 10.7. The number of piperazine rings is 1. The number of carbonyl (C=O) groups is 1. The lowest BCUT2D eigenvalue weighted by atomic mass is 10.2. The van der Waals surface area contributed by atoms with Crippen molar-refractivity contribution in [3.63, 3.8) is 0 Å². The molecule has 4 nitrogen and oxygen atoms in total. The van der Waals surface area contributed by atoms with E-state index in [1.54, 1.807) is 13.1 Å². The van der Waals surface area contributed by atoms with E-state index in [0.29, 0.717) is 11.6 Å². The first-order valence-corrected chi connectivity index (χ1v) is 6.00. The summed E-state index contributed by atoms with van der Waals surface area (Å²) < 4.78 is 0. The summed E-state index contributed by atoms with van der Waals surface area (Å²) in [5.74, 6) is 1.03. The van der Waals surface area contributed by atoms with Crippen molar-refractivity contribution in [1.29, 1.82) is 0 Å². The van der Waals surface area contributed by atoms with Gasteiger partial charge in [-0.2, -0.15) is 0 Å². The van der Waals surface area contributed by atoms with Gasteiger partial charge in [-0.25, -0.2) is 4.98 Å². The van der Waals surface area contributed by atoms with Crippen molar-refractivity contribution in [3.8, 4) is 0 Å². The highest BCUT2D eigenvalue weighted by molar-refractivity contribution is 5.93. The molecule has 0 spiro atoms. The molecule has 1 atom stereocenters. The molecule has 0 aromatic carbocycles. The Morgan fingerprint density at radius 1 is 1.41 bits per heavy atom. The molecule has 4 heteroatoms. The maximum Gasteiger partial charge on any atom is 0.161 e. The molecule has 92 valence electrons. The summed E-state index contributed by atoms with van der Waals surface area (Å²) in [6.07, 6.45) is 1.67. The molecule has 1 aliphatic rings. The molecule has 0 amide bonds. The first-order valence-electron chi connectivity index (χ1n) is 6.00. The number of likely N-dealkylation sites (N-methyl/N-ethyl adjacent to an activating group) is 1. The van der Waals surface area contributed by atoms with Gasteiger partial charge in [0.15, 0.2) is 5.78 Å². The number of carbonyl (C=O) groups excluding carboxylic acids is 1. The van der Waals surface area contributed by atoms with Crippen molar-refractivity contribution < 1.29 is 4.79 Å². The second kappa shape index (κ2) is 4.84. The van der Waals surface area contributed by atoms with Crippen LogP contribution in [0.5, 0.6) is 0 Å². The van der Waals surface area contributed by atoms with E-state index in [9.17, 15) is 4.79 Å². The van der Waals surface area contributed by atoms with Crippen molar-refractivity contribution in [3.05, 3.63) is 23.9 Å². The fraction of sp³-hybridized carbons (Fsp3) is 0.538. The van der Waals surface area contributed by atoms with E-state index in [0.717, 1.165) is 25.5 Å². The number of hydrogen-bond acceptors (Lipinski definition) is 4. The monoisotopic (exact) mass is 233 g/mol. The van der Waals surface area contributed by atoms with Gasteiger partial charge in [0, 0.05) is 37.4 Å². The summed E-state index contributed by atoms with van der Waals surface area (Å²) in [4.78, 5) is 20.2. The van der Waals surface area contributed by atoms with Gasteiger partial charge in [-0.15, -0.1) is 0 Å². The molecule has 0 bridgehead atoms. The largest absolute Gasteiger partial charge is 0.354 e. The average molecular weight is 233 g/mol.